The molecule has 6 heteroatoms. The number of rotatable bonds is 7. The van der Waals surface area contributed by atoms with Crippen LogP contribution in [0.15, 0.2) is 61.1 Å². The first-order chi connectivity index (χ1) is 12.6. The lowest BCUT2D eigenvalue weighted by Crippen LogP contribution is -2.20. The molecule has 0 aliphatic carbocycles. The normalized spacial score (nSPS) is 10.7. The molecule has 0 fully saturated rings. The monoisotopic (exact) mass is 350 g/mol. The van der Waals surface area contributed by atoms with Crippen LogP contribution in [-0.4, -0.2) is 27.3 Å². The minimum absolute atomic E-state index is 0.0585. The van der Waals surface area contributed by atoms with E-state index in [1.807, 2.05) is 42.6 Å². The van der Waals surface area contributed by atoms with Crippen molar-refractivity contribution in [2.75, 3.05) is 11.9 Å². The predicted octanol–water partition coefficient (Wildman–Crippen LogP) is 3.47. The average molecular weight is 350 g/mol. The molecule has 1 N–H and O–H groups in total. The second-order valence-corrected chi connectivity index (χ2v) is 6.32. The Morgan fingerprint density at radius 1 is 1.23 bits per heavy atom. The average Bonchev–Trinajstić information content (AvgIpc) is 3.08. The summed E-state index contributed by atoms with van der Waals surface area (Å²) in [5, 5.41) is 7.08. The highest BCUT2D eigenvalue weighted by Crippen LogP contribution is 2.20. The second-order valence-electron chi connectivity index (χ2n) is 6.32. The zero-order valence-electron chi connectivity index (χ0n) is 14.9. The third kappa shape index (κ3) is 4.92. The molecule has 2 aromatic heterocycles. The van der Waals surface area contributed by atoms with E-state index >= 15 is 0 Å². The van der Waals surface area contributed by atoms with Gasteiger partial charge in [0.05, 0.1) is 6.54 Å². The van der Waals surface area contributed by atoms with E-state index in [1.165, 1.54) is 5.56 Å². The number of benzene rings is 1. The molecule has 2 heterocycles. The summed E-state index contributed by atoms with van der Waals surface area (Å²) in [6.07, 6.45) is 5.34. The molecule has 0 unspecified atom stereocenters. The highest BCUT2D eigenvalue weighted by Gasteiger charge is 2.08. The summed E-state index contributed by atoms with van der Waals surface area (Å²) >= 11 is 0. The lowest BCUT2D eigenvalue weighted by molar-refractivity contribution is -0.118. The molecular formula is C20H22N4O2. The molecule has 26 heavy (non-hydrogen) atoms. The Kier molecular flexibility index (Phi) is 5.63. The summed E-state index contributed by atoms with van der Waals surface area (Å²) in [5.74, 6) is 1.36. The van der Waals surface area contributed by atoms with Crippen LogP contribution in [0.25, 0.3) is 0 Å². The minimum Gasteiger partial charge on any atom is -0.484 e. The van der Waals surface area contributed by atoms with E-state index in [-0.39, 0.29) is 12.5 Å². The van der Waals surface area contributed by atoms with Crippen molar-refractivity contribution in [1.29, 1.82) is 0 Å². The lowest BCUT2D eigenvalue weighted by Gasteiger charge is -2.09. The van der Waals surface area contributed by atoms with E-state index in [2.05, 4.69) is 29.2 Å². The molecule has 0 bridgehead atoms. The molecule has 0 spiro atoms. The Morgan fingerprint density at radius 2 is 2.12 bits per heavy atom. The summed E-state index contributed by atoms with van der Waals surface area (Å²) in [5.41, 5.74) is 2.22. The number of anilines is 1. The van der Waals surface area contributed by atoms with Crippen LogP contribution in [0, 0.1) is 0 Å². The molecule has 3 rings (SSSR count). The number of pyridine rings is 1. The molecule has 134 valence electrons. The van der Waals surface area contributed by atoms with Crippen molar-refractivity contribution in [3.8, 4) is 5.75 Å². The van der Waals surface area contributed by atoms with Crippen molar-refractivity contribution < 1.29 is 9.53 Å². The number of carbonyl (C=O) groups excluding carboxylic acids is 1. The number of amides is 1. The van der Waals surface area contributed by atoms with Crippen molar-refractivity contribution in [3.05, 3.63) is 72.2 Å². The van der Waals surface area contributed by atoms with Gasteiger partial charge in [0.15, 0.2) is 12.4 Å². The van der Waals surface area contributed by atoms with Crippen LogP contribution in [0.4, 0.5) is 5.82 Å². The number of nitrogens with zero attached hydrogens (tertiary/aromatic N) is 3. The molecule has 0 saturated carbocycles. The van der Waals surface area contributed by atoms with E-state index in [0.29, 0.717) is 24.0 Å². The van der Waals surface area contributed by atoms with E-state index in [0.717, 1.165) is 5.56 Å². The summed E-state index contributed by atoms with van der Waals surface area (Å²) in [6, 6.07) is 13.4. The fourth-order valence-electron chi connectivity index (χ4n) is 2.49. The van der Waals surface area contributed by atoms with Crippen LogP contribution in [0.1, 0.15) is 30.9 Å². The van der Waals surface area contributed by atoms with Gasteiger partial charge < -0.3 is 10.1 Å². The van der Waals surface area contributed by atoms with Crippen LogP contribution in [-0.2, 0) is 11.3 Å². The highest BCUT2D eigenvalue weighted by atomic mass is 16.5. The number of hydrogen-bond acceptors (Lipinski definition) is 4. The fraction of sp³-hybridized carbons (Fsp3) is 0.250. The van der Waals surface area contributed by atoms with Crippen molar-refractivity contribution >= 4 is 11.7 Å². The minimum atomic E-state index is -0.244. The number of ether oxygens (including phenoxy) is 1. The van der Waals surface area contributed by atoms with Gasteiger partial charge in [-0.05, 0) is 35.2 Å². The van der Waals surface area contributed by atoms with Crippen molar-refractivity contribution in [2.45, 2.75) is 26.3 Å². The van der Waals surface area contributed by atoms with Crippen molar-refractivity contribution in [3.63, 3.8) is 0 Å². The zero-order valence-corrected chi connectivity index (χ0v) is 14.9. The van der Waals surface area contributed by atoms with Gasteiger partial charge in [-0.25, -0.2) is 0 Å². The van der Waals surface area contributed by atoms with Crippen LogP contribution < -0.4 is 10.1 Å². The summed E-state index contributed by atoms with van der Waals surface area (Å²) in [7, 11) is 0. The maximum Gasteiger partial charge on any atom is 0.263 e. The third-order valence-corrected chi connectivity index (χ3v) is 3.87. The molecule has 1 amide bonds. The molecule has 0 aliphatic heterocycles. The molecule has 0 saturated heterocycles. The summed E-state index contributed by atoms with van der Waals surface area (Å²) in [4.78, 5) is 16.2. The number of hydrogen-bond donors (Lipinski definition) is 1. The van der Waals surface area contributed by atoms with Gasteiger partial charge in [0.25, 0.3) is 5.91 Å². The number of nitrogens with one attached hydrogen (secondary N) is 1. The van der Waals surface area contributed by atoms with Gasteiger partial charge in [-0.3, -0.25) is 14.5 Å². The molecule has 0 radical (unpaired) electrons. The van der Waals surface area contributed by atoms with Gasteiger partial charge in [0.2, 0.25) is 0 Å². The smallest absolute Gasteiger partial charge is 0.263 e. The first-order valence-corrected chi connectivity index (χ1v) is 8.55. The number of aromatic nitrogens is 3. The molecule has 1 aromatic carbocycles. The lowest BCUT2D eigenvalue weighted by atomic mass is 10.0. The molecule has 0 atom stereocenters. The summed E-state index contributed by atoms with van der Waals surface area (Å²) < 4.78 is 7.33. The van der Waals surface area contributed by atoms with E-state index in [9.17, 15) is 4.79 Å². The van der Waals surface area contributed by atoms with Crippen molar-refractivity contribution in [1.82, 2.24) is 14.8 Å². The first-order valence-electron chi connectivity index (χ1n) is 8.55. The maximum absolute atomic E-state index is 12.1. The molecule has 6 nitrogen and oxygen atoms in total. The predicted molar refractivity (Wildman–Crippen MR) is 100 cm³/mol. The standard InChI is InChI=1S/C20H22N4O2/c1-15(2)17-6-3-7-18(11-17)26-14-20(25)22-19-8-10-24(23-19)13-16-5-4-9-21-12-16/h3-12,15H,13-14H2,1-2H3,(H,22,23,25). The Morgan fingerprint density at radius 3 is 2.88 bits per heavy atom. The topological polar surface area (TPSA) is 69.0 Å². The van der Waals surface area contributed by atoms with E-state index in [4.69, 9.17) is 4.74 Å². The Bertz CT molecular complexity index is 859. The SMILES string of the molecule is CC(C)c1cccc(OCC(=O)Nc2ccn(Cc3cccnc3)n2)c1. The van der Waals surface area contributed by atoms with Gasteiger partial charge in [-0.1, -0.05) is 32.0 Å². The molecular weight excluding hydrogens is 328 g/mol. The quantitative estimate of drug-likeness (QED) is 0.708. The summed E-state index contributed by atoms with van der Waals surface area (Å²) in [6.45, 7) is 4.78. The fourth-order valence-corrected chi connectivity index (χ4v) is 2.49. The highest BCUT2D eigenvalue weighted by molar-refractivity contribution is 5.90. The van der Waals surface area contributed by atoms with E-state index < -0.39 is 0 Å². The van der Waals surface area contributed by atoms with Gasteiger partial charge in [0.1, 0.15) is 5.75 Å². The maximum atomic E-state index is 12.1. The zero-order chi connectivity index (χ0) is 18.4. The second kappa shape index (κ2) is 8.29. The van der Waals surface area contributed by atoms with Crippen LogP contribution in [0.2, 0.25) is 0 Å². The van der Waals surface area contributed by atoms with Gasteiger partial charge in [0, 0.05) is 24.7 Å². The molecule has 3 aromatic rings. The molecule has 0 aliphatic rings. The Labute approximate surface area is 152 Å². The van der Waals surface area contributed by atoms with Crippen LogP contribution >= 0.6 is 0 Å². The largest absolute Gasteiger partial charge is 0.484 e. The number of carbonyl (C=O) groups is 1. The third-order valence-electron chi connectivity index (χ3n) is 3.87. The van der Waals surface area contributed by atoms with Crippen LogP contribution in [0.5, 0.6) is 5.75 Å². The van der Waals surface area contributed by atoms with Gasteiger partial charge in [-0.2, -0.15) is 5.10 Å². The first kappa shape index (κ1) is 17.7. The van der Waals surface area contributed by atoms with Crippen LogP contribution in [0.3, 0.4) is 0 Å². The Hall–Kier alpha value is -3.15. The van der Waals surface area contributed by atoms with Gasteiger partial charge >= 0.3 is 0 Å². The van der Waals surface area contributed by atoms with E-state index in [1.54, 1.807) is 23.1 Å². The Balaban J connectivity index is 1.51. The van der Waals surface area contributed by atoms with Gasteiger partial charge in [-0.15, -0.1) is 0 Å². The van der Waals surface area contributed by atoms with Crippen molar-refractivity contribution in [2.24, 2.45) is 0 Å².